The third-order valence-electron chi connectivity index (χ3n) is 4.78. The SMILES string of the molecule is Cc1ccc(SCC(=O)O[C@H](C)C(=O)N2c3ccccc3C[C@H]2C)c(C)c1. The van der Waals surface area contributed by atoms with Gasteiger partial charge in [-0.2, -0.15) is 0 Å². The number of anilines is 1. The Morgan fingerprint density at radius 2 is 1.96 bits per heavy atom. The summed E-state index contributed by atoms with van der Waals surface area (Å²) in [6.45, 7) is 7.73. The van der Waals surface area contributed by atoms with Crippen LogP contribution in [-0.2, 0) is 20.7 Å². The van der Waals surface area contributed by atoms with Crippen molar-refractivity contribution in [2.24, 2.45) is 0 Å². The molecule has 0 spiro atoms. The van der Waals surface area contributed by atoms with Crippen LogP contribution >= 0.6 is 11.8 Å². The Morgan fingerprint density at radius 1 is 1.22 bits per heavy atom. The van der Waals surface area contributed by atoms with Crippen molar-refractivity contribution in [2.75, 3.05) is 10.7 Å². The molecule has 3 rings (SSSR count). The molecular weight excluding hydrogens is 358 g/mol. The summed E-state index contributed by atoms with van der Waals surface area (Å²) in [5, 5.41) is 0. The lowest BCUT2D eigenvalue weighted by molar-refractivity contribution is -0.151. The average molecular weight is 384 g/mol. The standard InChI is InChI=1S/C22H25NO3S/c1-14-9-10-20(15(2)11-14)27-13-21(24)26-17(4)22(25)23-16(3)12-18-7-5-6-8-19(18)23/h5-11,16-17H,12-13H2,1-4H3/t16-,17-/m1/s1. The van der Waals surface area contributed by atoms with E-state index < -0.39 is 6.10 Å². The van der Waals surface area contributed by atoms with E-state index in [1.54, 1.807) is 11.8 Å². The van der Waals surface area contributed by atoms with Crippen LogP contribution in [0.15, 0.2) is 47.4 Å². The largest absolute Gasteiger partial charge is 0.452 e. The number of rotatable bonds is 5. The molecule has 0 aromatic heterocycles. The molecule has 2 aromatic rings. The van der Waals surface area contributed by atoms with E-state index >= 15 is 0 Å². The van der Waals surface area contributed by atoms with Gasteiger partial charge in [-0.05, 0) is 57.4 Å². The maximum absolute atomic E-state index is 12.9. The van der Waals surface area contributed by atoms with E-state index in [9.17, 15) is 9.59 Å². The number of thioether (sulfide) groups is 1. The minimum Gasteiger partial charge on any atom is -0.452 e. The number of esters is 1. The molecule has 1 heterocycles. The van der Waals surface area contributed by atoms with E-state index in [1.807, 2.05) is 57.2 Å². The van der Waals surface area contributed by atoms with Crippen molar-refractivity contribution in [1.82, 2.24) is 0 Å². The number of benzene rings is 2. The zero-order chi connectivity index (χ0) is 19.6. The lowest BCUT2D eigenvalue weighted by atomic mass is 10.1. The number of para-hydroxylation sites is 1. The summed E-state index contributed by atoms with van der Waals surface area (Å²) in [5.41, 5.74) is 4.41. The molecule has 1 amide bonds. The molecule has 2 atom stereocenters. The molecular formula is C22H25NO3S. The van der Waals surface area contributed by atoms with Gasteiger partial charge in [-0.15, -0.1) is 11.8 Å². The minimum atomic E-state index is -0.800. The third kappa shape index (κ3) is 4.35. The molecule has 2 aromatic carbocycles. The first kappa shape index (κ1) is 19.5. The molecule has 0 N–H and O–H groups in total. The Balaban J connectivity index is 1.59. The first-order valence-corrected chi connectivity index (χ1v) is 10.2. The number of carbonyl (C=O) groups excluding carboxylic acids is 2. The van der Waals surface area contributed by atoms with Crippen molar-refractivity contribution < 1.29 is 14.3 Å². The van der Waals surface area contributed by atoms with Crippen molar-refractivity contribution in [2.45, 2.75) is 51.2 Å². The third-order valence-corrected chi connectivity index (χ3v) is 5.93. The quantitative estimate of drug-likeness (QED) is 0.570. The maximum Gasteiger partial charge on any atom is 0.317 e. The summed E-state index contributed by atoms with van der Waals surface area (Å²) in [7, 11) is 0. The number of aryl methyl sites for hydroxylation is 2. The first-order chi connectivity index (χ1) is 12.9. The lowest BCUT2D eigenvalue weighted by Gasteiger charge is -2.25. The second kappa shape index (κ2) is 8.17. The molecule has 0 unspecified atom stereocenters. The van der Waals surface area contributed by atoms with Crippen LogP contribution in [0, 0.1) is 13.8 Å². The van der Waals surface area contributed by atoms with Crippen molar-refractivity contribution in [3.8, 4) is 0 Å². The van der Waals surface area contributed by atoms with Gasteiger partial charge in [0.15, 0.2) is 6.10 Å². The monoisotopic (exact) mass is 383 g/mol. The lowest BCUT2D eigenvalue weighted by Crippen LogP contribution is -2.43. The highest BCUT2D eigenvalue weighted by Crippen LogP contribution is 2.32. The maximum atomic E-state index is 12.9. The van der Waals surface area contributed by atoms with Crippen LogP contribution in [0.25, 0.3) is 0 Å². The number of amides is 1. The van der Waals surface area contributed by atoms with Crippen LogP contribution in [0.5, 0.6) is 0 Å². The zero-order valence-corrected chi connectivity index (χ0v) is 17.0. The molecule has 1 aliphatic rings. The van der Waals surface area contributed by atoms with E-state index in [0.717, 1.165) is 28.1 Å². The fourth-order valence-electron chi connectivity index (χ4n) is 3.48. The van der Waals surface area contributed by atoms with Crippen LogP contribution in [0.2, 0.25) is 0 Å². The zero-order valence-electron chi connectivity index (χ0n) is 16.2. The fourth-order valence-corrected chi connectivity index (χ4v) is 4.27. The Kier molecular flexibility index (Phi) is 5.90. The van der Waals surface area contributed by atoms with Crippen molar-refractivity contribution in [3.05, 3.63) is 59.2 Å². The Morgan fingerprint density at radius 3 is 2.70 bits per heavy atom. The summed E-state index contributed by atoms with van der Waals surface area (Å²) in [5.74, 6) is -0.355. The van der Waals surface area contributed by atoms with E-state index in [2.05, 4.69) is 6.07 Å². The number of nitrogens with zero attached hydrogens (tertiary/aromatic N) is 1. The minimum absolute atomic E-state index is 0.0700. The van der Waals surface area contributed by atoms with Crippen LogP contribution in [-0.4, -0.2) is 29.8 Å². The normalized spacial score (nSPS) is 16.7. The van der Waals surface area contributed by atoms with Crippen molar-refractivity contribution in [3.63, 3.8) is 0 Å². The van der Waals surface area contributed by atoms with Gasteiger partial charge in [-0.3, -0.25) is 9.59 Å². The molecule has 1 aliphatic heterocycles. The molecule has 5 heteroatoms. The molecule has 27 heavy (non-hydrogen) atoms. The molecule has 0 saturated heterocycles. The Labute approximate surface area is 164 Å². The van der Waals surface area contributed by atoms with Crippen LogP contribution in [0.4, 0.5) is 5.69 Å². The highest BCUT2D eigenvalue weighted by Gasteiger charge is 2.34. The average Bonchev–Trinajstić information content (AvgIpc) is 2.96. The second-order valence-electron chi connectivity index (χ2n) is 7.08. The van der Waals surface area contributed by atoms with E-state index in [0.29, 0.717) is 0 Å². The molecule has 0 fully saturated rings. The highest BCUT2D eigenvalue weighted by atomic mass is 32.2. The van der Waals surface area contributed by atoms with Gasteiger partial charge in [0, 0.05) is 16.6 Å². The fraction of sp³-hybridized carbons (Fsp3) is 0.364. The van der Waals surface area contributed by atoms with E-state index in [4.69, 9.17) is 4.74 Å². The number of ether oxygens (including phenoxy) is 1. The first-order valence-electron chi connectivity index (χ1n) is 9.17. The summed E-state index contributed by atoms with van der Waals surface area (Å²) in [6.07, 6.45) is 0.0244. The van der Waals surface area contributed by atoms with E-state index in [1.165, 1.54) is 17.3 Å². The van der Waals surface area contributed by atoms with Gasteiger partial charge in [0.1, 0.15) is 0 Å². The van der Waals surface area contributed by atoms with Crippen LogP contribution in [0.1, 0.15) is 30.5 Å². The van der Waals surface area contributed by atoms with Gasteiger partial charge in [-0.25, -0.2) is 0 Å². The van der Waals surface area contributed by atoms with Gasteiger partial charge in [0.2, 0.25) is 0 Å². The van der Waals surface area contributed by atoms with E-state index in [-0.39, 0.29) is 23.7 Å². The predicted octanol–water partition coefficient (Wildman–Crippen LogP) is 4.31. The van der Waals surface area contributed by atoms with Gasteiger partial charge >= 0.3 is 5.97 Å². The highest BCUT2D eigenvalue weighted by molar-refractivity contribution is 8.00. The number of fused-ring (bicyclic) bond motifs is 1. The molecule has 4 nitrogen and oxygen atoms in total. The second-order valence-corrected chi connectivity index (χ2v) is 8.10. The smallest absolute Gasteiger partial charge is 0.317 e. The van der Waals surface area contributed by atoms with Crippen LogP contribution < -0.4 is 4.90 Å². The van der Waals surface area contributed by atoms with Crippen molar-refractivity contribution >= 4 is 29.3 Å². The number of carbonyl (C=O) groups is 2. The van der Waals surface area contributed by atoms with Gasteiger partial charge in [0.05, 0.1) is 5.75 Å². The molecule has 0 radical (unpaired) electrons. The van der Waals surface area contributed by atoms with Gasteiger partial charge in [-0.1, -0.05) is 35.9 Å². The molecule has 142 valence electrons. The topological polar surface area (TPSA) is 46.6 Å². The summed E-state index contributed by atoms with van der Waals surface area (Å²) in [6, 6.07) is 14.1. The Bertz CT molecular complexity index is 864. The van der Waals surface area contributed by atoms with Crippen molar-refractivity contribution in [1.29, 1.82) is 0 Å². The molecule has 0 saturated carbocycles. The summed E-state index contributed by atoms with van der Waals surface area (Å²) >= 11 is 1.44. The van der Waals surface area contributed by atoms with Crippen LogP contribution in [0.3, 0.4) is 0 Å². The summed E-state index contributed by atoms with van der Waals surface area (Å²) < 4.78 is 5.42. The van der Waals surface area contributed by atoms with Gasteiger partial charge < -0.3 is 9.64 Å². The Hall–Kier alpha value is -2.27. The predicted molar refractivity (Wildman–Crippen MR) is 109 cm³/mol. The number of hydrogen-bond donors (Lipinski definition) is 0. The van der Waals surface area contributed by atoms with Gasteiger partial charge in [0.25, 0.3) is 5.91 Å². The molecule has 0 bridgehead atoms. The number of hydrogen-bond acceptors (Lipinski definition) is 4. The summed E-state index contributed by atoms with van der Waals surface area (Å²) in [4.78, 5) is 27.9. The molecule has 0 aliphatic carbocycles.